The molecule has 0 aliphatic rings. The molecule has 0 unspecified atom stereocenters. The van der Waals surface area contributed by atoms with Gasteiger partial charge in [0.2, 0.25) is 0 Å². The van der Waals surface area contributed by atoms with E-state index >= 15 is 0 Å². The van der Waals surface area contributed by atoms with E-state index in [2.05, 4.69) is 4.74 Å². The van der Waals surface area contributed by atoms with Crippen molar-refractivity contribution in [2.24, 2.45) is 0 Å². The molecule has 0 aliphatic carbocycles. The maximum atomic E-state index is 13.3. The number of hydrogen-bond acceptors (Lipinski definition) is 4. The molecule has 0 radical (unpaired) electrons. The summed E-state index contributed by atoms with van der Waals surface area (Å²) in [4.78, 5) is 10.4. The van der Waals surface area contributed by atoms with Crippen molar-refractivity contribution < 1.29 is 28.4 Å². The number of carbonyl (C=O) groups excluding carboxylic acids is 1. The lowest BCUT2D eigenvalue weighted by Gasteiger charge is -2.09. The molecule has 80 valence electrons. The maximum absolute atomic E-state index is 13.3. The molecular weight excluding hydrogens is 209 g/mol. The van der Waals surface area contributed by atoms with Crippen molar-refractivity contribution in [2.45, 2.75) is 0 Å². The summed E-state index contributed by atoms with van der Waals surface area (Å²) in [5.41, 5.74) is -1.12. The van der Waals surface area contributed by atoms with Crippen LogP contribution in [0.15, 0.2) is 6.07 Å². The Kier molecular flexibility index (Phi) is 3.38. The summed E-state index contributed by atoms with van der Waals surface area (Å²) >= 11 is 0. The van der Waals surface area contributed by atoms with Gasteiger partial charge in [-0.25, -0.2) is 8.78 Å². The third-order valence-corrected chi connectivity index (χ3v) is 1.83. The number of halogens is 2. The predicted octanol–water partition coefficient (Wildman–Crippen LogP) is -0.534. The smallest absolute Gasteiger partial charge is 0.491 e. The van der Waals surface area contributed by atoms with Gasteiger partial charge in [0, 0.05) is 5.46 Å². The van der Waals surface area contributed by atoms with E-state index in [0.717, 1.165) is 7.11 Å². The van der Waals surface area contributed by atoms with Gasteiger partial charge in [-0.1, -0.05) is 0 Å². The Balaban J connectivity index is 3.51. The van der Waals surface area contributed by atoms with Crippen LogP contribution < -0.4 is 10.2 Å². The first-order valence-electron chi connectivity index (χ1n) is 3.90. The molecule has 15 heavy (non-hydrogen) atoms. The fraction of sp³-hybridized carbons (Fsp3) is 0.125. The predicted molar refractivity (Wildman–Crippen MR) is 48.1 cm³/mol. The van der Waals surface area contributed by atoms with Gasteiger partial charge in [0.05, 0.1) is 12.7 Å². The molecular formula is C8H7BF2O4. The van der Waals surface area contributed by atoms with Crippen LogP contribution in [-0.2, 0) is 0 Å². The summed E-state index contributed by atoms with van der Waals surface area (Å²) in [5, 5.41) is 17.5. The fourth-order valence-electron chi connectivity index (χ4n) is 1.11. The standard InChI is InChI=1S/C8H7BF2O4/c1-15-8-6(10)4(3-12)2-5(7(8)11)9(13)14/h2-3,13-14H,1H3. The second-order valence-electron chi connectivity index (χ2n) is 2.71. The minimum Gasteiger partial charge on any atom is -0.491 e. The molecule has 0 aromatic heterocycles. The highest BCUT2D eigenvalue weighted by atomic mass is 19.1. The van der Waals surface area contributed by atoms with Crippen molar-refractivity contribution in [3.63, 3.8) is 0 Å². The van der Waals surface area contributed by atoms with Crippen molar-refractivity contribution in [3.05, 3.63) is 23.3 Å². The molecule has 1 aromatic rings. The summed E-state index contributed by atoms with van der Waals surface area (Å²) < 4.78 is 30.9. The molecule has 1 aromatic carbocycles. The minimum atomic E-state index is -2.14. The van der Waals surface area contributed by atoms with Crippen LogP contribution in [-0.4, -0.2) is 30.6 Å². The lowest BCUT2D eigenvalue weighted by Crippen LogP contribution is -2.34. The average Bonchev–Trinajstić information content (AvgIpc) is 2.18. The Bertz CT molecular complexity index is 395. The van der Waals surface area contributed by atoms with Gasteiger partial charge in [0.25, 0.3) is 0 Å². The van der Waals surface area contributed by atoms with Crippen LogP contribution in [0, 0.1) is 11.6 Å². The van der Waals surface area contributed by atoms with E-state index in [9.17, 15) is 13.6 Å². The summed E-state index contributed by atoms with van der Waals surface area (Å²) in [6.07, 6.45) is 0.128. The molecule has 0 spiro atoms. The third kappa shape index (κ3) is 1.98. The van der Waals surface area contributed by atoms with Crippen LogP contribution in [0.5, 0.6) is 5.75 Å². The molecule has 0 fully saturated rings. The van der Waals surface area contributed by atoms with Gasteiger partial charge in [-0.15, -0.1) is 0 Å². The largest absolute Gasteiger partial charge is 0.491 e. The van der Waals surface area contributed by atoms with E-state index in [1.807, 2.05) is 0 Å². The Labute approximate surface area is 84.2 Å². The zero-order valence-electron chi connectivity index (χ0n) is 7.70. The molecule has 0 heterocycles. The number of hydrogen-bond donors (Lipinski definition) is 2. The van der Waals surface area contributed by atoms with Gasteiger partial charge < -0.3 is 14.8 Å². The molecule has 0 saturated carbocycles. The molecule has 1 rings (SSSR count). The first-order chi connectivity index (χ1) is 7.02. The third-order valence-electron chi connectivity index (χ3n) is 1.83. The topological polar surface area (TPSA) is 66.8 Å². The fourth-order valence-corrected chi connectivity index (χ4v) is 1.11. The number of carbonyl (C=O) groups is 1. The average molecular weight is 216 g/mol. The van der Waals surface area contributed by atoms with Gasteiger partial charge in [-0.05, 0) is 6.07 Å². The molecule has 0 atom stereocenters. The van der Waals surface area contributed by atoms with Crippen LogP contribution in [0.3, 0.4) is 0 Å². The van der Waals surface area contributed by atoms with Crippen LogP contribution in [0.1, 0.15) is 10.4 Å². The summed E-state index contributed by atoms with van der Waals surface area (Å²) in [7, 11) is -1.14. The van der Waals surface area contributed by atoms with Crippen molar-refractivity contribution in [1.82, 2.24) is 0 Å². The van der Waals surface area contributed by atoms with Gasteiger partial charge in [-0.2, -0.15) is 0 Å². The summed E-state index contributed by atoms with van der Waals surface area (Å²) in [6.45, 7) is 0. The second-order valence-corrected chi connectivity index (χ2v) is 2.71. The molecule has 7 heteroatoms. The van der Waals surface area contributed by atoms with Crippen molar-refractivity contribution >= 4 is 18.9 Å². The van der Waals surface area contributed by atoms with Gasteiger partial charge in [-0.3, -0.25) is 4.79 Å². The Morgan fingerprint density at radius 3 is 2.40 bits per heavy atom. The molecule has 0 amide bonds. The summed E-state index contributed by atoms with van der Waals surface area (Å²) in [6, 6.07) is 0.713. The highest BCUT2D eigenvalue weighted by molar-refractivity contribution is 6.58. The van der Waals surface area contributed by atoms with Crippen LogP contribution in [0.4, 0.5) is 8.78 Å². The first-order valence-corrected chi connectivity index (χ1v) is 3.90. The SMILES string of the molecule is COc1c(F)c(C=O)cc(B(O)O)c1F. The zero-order valence-corrected chi connectivity index (χ0v) is 7.70. The molecule has 2 N–H and O–H groups in total. The zero-order chi connectivity index (χ0) is 11.6. The van der Waals surface area contributed by atoms with Crippen molar-refractivity contribution in [1.29, 1.82) is 0 Å². The maximum Gasteiger partial charge on any atom is 0.491 e. The van der Waals surface area contributed by atoms with E-state index in [4.69, 9.17) is 10.0 Å². The number of methoxy groups -OCH3 is 1. The Hall–Kier alpha value is -1.47. The van der Waals surface area contributed by atoms with E-state index in [1.165, 1.54) is 0 Å². The molecule has 0 saturated heterocycles. The first kappa shape index (κ1) is 11.6. The minimum absolute atomic E-state index is 0.128. The normalized spacial score (nSPS) is 9.93. The highest BCUT2D eigenvalue weighted by Crippen LogP contribution is 2.22. The van der Waals surface area contributed by atoms with Gasteiger partial charge in [0.15, 0.2) is 23.7 Å². The monoisotopic (exact) mass is 216 g/mol. The Morgan fingerprint density at radius 2 is 2.00 bits per heavy atom. The highest BCUT2D eigenvalue weighted by Gasteiger charge is 2.25. The van der Waals surface area contributed by atoms with E-state index in [-0.39, 0.29) is 6.29 Å². The van der Waals surface area contributed by atoms with E-state index in [0.29, 0.717) is 6.07 Å². The lowest BCUT2D eigenvalue weighted by molar-refractivity contribution is 0.111. The number of aldehydes is 1. The van der Waals surface area contributed by atoms with Gasteiger partial charge in [0.1, 0.15) is 0 Å². The van der Waals surface area contributed by atoms with E-state index < -0.39 is 35.5 Å². The lowest BCUT2D eigenvalue weighted by atomic mass is 9.79. The number of ether oxygens (including phenoxy) is 1. The van der Waals surface area contributed by atoms with Crippen LogP contribution in [0.2, 0.25) is 0 Å². The number of benzene rings is 1. The van der Waals surface area contributed by atoms with Gasteiger partial charge >= 0.3 is 7.12 Å². The van der Waals surface area contributed by atoms with Crippen LogP contribution >= 0.6 is 0 Å². The molecule has 4 nitrogen and oxygen atoms in total. The van der Waals surface area contributed by atoms with E-state index in [1.54, 1.807) is 0 Å². The van der Waals surface area contributed by atoms with Crippen LogP contribution in [0.25, 0.3) is 0 Å². The quantitative estimate of drug-likeness (QED) is 0.526. The second kappa shape index (κ2) is 4.37. The number of rotatable bonds is 3. The molecule has 0 bridgehead atoms. The van der Waals surface area contributed by atoms with Crippen molar-refractivity contribution in [3.8, 4) is 5.75 Å². The Morgan fingerprint density at radius 1 is 1.40 bits per heavy atom. The summed E-state index contributed by atoms with van der Waals surface area (Å²) in [5.74, 6) is -3.23. The molecule has 0 aliphatic heterocycles. The van der Waals surface area contributed by atoms with Crippen molar-refractivity contribution in [2.75, 3.05) is 7.11 Å².